The molecule has 9 heteroatoms. The van der Waals surface area contributed by atoms with E-state index in [-0.39, 0.29) is 5.13 Å². The van der Waals surface area contributed by atoms with Crippen molar-refractivity contribution in [2.24, 2.45) is 5.10 Å². The van der Waals surface area contributed by atoms with Gasteiger partial charge in [-0.1, -0.05) is 0 Å². The van der Waals surface area contributed by atoms with E-state index in [1.165, 1.54) is 12.4 Å². The molecule has 1 amide bonds. The number of aromatic nitrogens is 1. The van der Waals surface area contributed by atoms with Crippen LogP contribution in [0.2, 0.25) is 0 Å². The first-order valence-corrected chi connectivity index (χ1v) is 5.07. The van der Waals surface area contributed by atoms with E-state index in [4.69, 9.17) is 0 Å². The molecule has 2 heterocycles. The molecule has 0 bridgehead atoms. The molecular weight excluding hydrogens is 236 g/mol. The van der Waals surface area contributed by atoms with E-state index in [1.807, 2.05) is 0 Å². The van der Waals surface area contributed by atoms with E-state index < -0.39 is 11.0 Å². The molecule has 0 saturated carbocycles. The lowest BCUT2D eigenvalue weighted by Crippen LogP contribution is -2.17. The van der Waals surface area contributed by atoms with Gasteiger partial charge in [0.25, 0.3) is 0 Å². The summed E-state index contributed by atoms with van der Waals surface area (Å²) < 4.78 is 4.65. The van der Waals surface area contributed by atoms with Gasteiger partial charge in [-0.25, -0.2) is 4.79 Å². The minimum absolute atomic E-state index is 0.203. The van der Waals surface area contributed by atoms with Gasteiger partial charge >= 0.3 is 11.2 Å². The number of carbonyl (C=O) groups is 1. The van der Waals surface area contributed by atoms with E-state index >= 15 is 0 Å². The second kappa shape index (κ2) is 4.23. The fraction of sp³-hybridized carbons (Fsp3) is 0.286. The molecule has 16 heavy (non-hydrogen) atoms. The summed E-state index contributed by atoms with van der Waals surface area (Å²) in [6.45, 7) is 0.690. The van der Waals surface area contributed by atoms with Gasteiger partial charge in [-0.2, -0.15) is 10.1 Å². The first kappa shape index (κ1) is 10.5. The van der Waals surface area contributed by atoms with Crippen LogP contribution in [0.25, 0.3) is 0 Å². The van der Waals surface area contributed by atoms with Crippen molar-refractivity contribution in [3.63, 3.8) is 0 Å². The Kier molecular flexibility index (Phi) is 2.77. The lowest BCUT2D eigenvalue weighted by atomic mass is 10.6. The Balaban J connectivity index is 2.05. The Morgan fingerprint density at radius 1 is 1.75 bits per heavy atom. The first-order valence-electron chi connectivity index (χ1n) is 4.25. The third kappa shape index (κ3) is 2.14. The molecule has 8 nitrogen and oxygen atoms in total. The number of rotatable bonds is 3. The Bertz CT molecular complexity index is 457. The van der Waals surface area contributed by atoms with Crippen LogP contribution in [0.15, 0.2) is 11.3 Å². The van der Waals surface area contributed by atoms with E-state index in [2.05, 4.69) is 14.8 Å². The smallest absolute Gasteiger partial charge is 0.430 e. The molecule has 0 aliphatic carbocycles. The van der Waals surface area contributed by atoms with E-state index in [0.717, 1.165) is 16.3 Å². The quantitative estimate of drug-likeness (QED) is 0.444. The van der Waals surface area contributed by atoms with E-state index in [0.29, 0.717) is 18.0 Å². The zero-order valence-corrected chi connectivity index (χ0v) is 8.72. The van der Waals surface area contributed by atoms with E-state index in [1.54, 1.807) is 0 Å². The average molecular weight is 242 g/mol. The van der Waals surface area contributed by atoms with Crippen LogP contribution < -0.4 is 0 Å². The predicted octanol–water partition coefficient (Wildman–Crippen LogP) is 0.837. The third-order valence-corrected chi connectivity index (χ3v) is 2.61. The number of nitro groups is 1. The molecule has 1 aromatic heterocycles. The summed E-state index contributed by atoms with van der Waals surface area (Å²) >= 11 is 0.887. The number of amides is 1. The van der Waals surface area contributed by atoms with Crippen LogP contribution in [-0.4, -0.2) is 40.4 Å². The average Bonchev–Trinajstić information content (AvgIpc) is 2.83. The predicted molar refractivity (Wildman–Crippen MR) is 54.4 cm³/mol. The molecule has 0 spiro atoms. The maximum atomic E-state index is 11.0. The Labute approximate surface area is 93.3 Å². The van der Waals surface area contributed by atoms with Gasteiger partial charge < -0.3 is 14.9 Å². The summed E-state index contributed by atoms with van der Waals surface area (Å²) in [7, 11) is 0. The second-order valence-corrected chi connectivity index (χ2v) is 3.83. The number of hydrogen-bond acceptors (Lipinski definition) is 7. The van der Waals surface area contributed by atoms with Crippen LogP contribution >= 0.6 is 11.3 Å². The van der Waals surface area contributed by atoms with Gasteiger partial charge in [0.15, 0.2) is 6.20 Å². The number of ether oxygens (including phenoxy) is 1. The number of carbonyl (C=O) groups excluding carboxylic acids is 1. The molecule has 2 rings (SSSR count). The van der Waals surface area contributed by atoms with Crippen molar-refractivity contribution >= 4 is 28.8 Å². The SMILES string of the molecule is O=C1OCCN1/N=C/c1cnc([N+](=O)[O-])s1. The van der Waals surface area contributed by atoms with E-state index in [9.17, 15) is 14.9 Å². The van der Waals surface area contributed by atoms with Gasteiger partial charge in [0.2, 0.25) is 0 Å². The molecule has 0 N–H and O–H groups in total. The summed E-state index contributed by atoms with van der Waals surface area (Å²) in [4.78, 5) is 24.8. The van der Waals surface area contributed by atoms with Crippen molar-refractivity contribution in [2.75, 3.05) is 13.2 Å². The standard InChI is InChI=1S/C7H6N4O4S/c12-7-10(1-2-15-7)9-4-5-3-8-6(16-5)11(13)14/h3-4H,1-2H2/b9-4+. The molecule has 1 aliphatic rings. The van der Waals surface area contributed by atoms with Gasteiger partial charge in [0, 0.05) is 0 Å². The van der Waals surface area contributed by atoms with Crippen molar-refractivity contribution in [1.82, 2.24) is 9.99 Å². The zero-order chi connectivity index (χ0) is 11.5. The molecule has 0 atom stereocenters. The van der Waals surface area contributed by atoms with Crippen molar-refractivity contribution in [3.8, 4) is 0 Å². The molecule has 0 aromatic carbocycles. The maximum absolute atomic E-state index is 11.0. The fourth-order valence-corrected chi connectivity index (χ4v) is 1.63. The largest absolute Gasteiger partial charge is 0.446 e. The van der Waals surface area contributed by atoms with Crippen LogP contribution in [0.4, 0.5) is 9.93 Å². The minimum Gasteiger partial charge on any atom is -0.446 e. The number of nitrogens with zero attached hydrogens (tertiary/aromatic N) is 4. The molecule has 0 unspecified atom stereocenters. The van der Waals surface area contributed by atoms with Gasteiger partial charge in [-0.3, -0.25) is 0 Å². The summed E-state index contributed by atoms with van der Waals surface area (Å²) in [5.41, 5.74) is 0. The Morgan fingerprint density at radius 3 is 3.12 bits per heavy atom. The molecule has 0 radical (unpaired) electrons. The number of thiazole rings is 1. The Hall–Kier alpha value is -2.03. The lowest BCUT2D eigenvalue weighted by molar-refractivity contribution is -0.384. The lowest BCUT2D eigenvalue weighted by Gasteiger charge is -2.01. The normalized spacial score (nSPS) is 15.8. The molecule has 1 aliphatic heterocycles. The highest BCUT2D eigenvalue weighted by molar-refractivity contribution is 7.16. The Morgan fingerprint density at radius 2 is 2.56 bits per heavy atom. The van der Waals surface area contributed by atoms with Crippen molar-refractivity contribution in [2.45, 2.75) is 0 Å². The highest BCUT2D eigenvalue weighted by Crippen LogP contribution is 2.18. The summed E-state index contributed by atoms with van der Waals surface area (Å²) in [6.07, 6.45) is 2.15. The molecule has 84 valence electrons. The number of hydrazone groups is 1. The van der Waals surface area contributed by atoms with Gasteiger partial charge in [0.05, 0.1) is 17.6 Å². The summed E-state index contributed by atoms with van der Waals surface area (Å²) in [5, 5.41) is 15.1. The third-order valence-electron chi connectivity index (χ3n) is 1.73. The maximum Gasteiger partial charge on any atom is 0.430 e. The highest BCUT2D eigenvalue weighted by Gasteiger charge is 2.21. The second-order valence-electron chi connectivity index (χ2n) is 2.78. The first-order chi connectivity index (χ1) is 7.66. The van der Waals surface area contributed by atoms with Crippen molar-refractivity contribution in [3.05, 3.63) is 21.2 Å². The van der Waals surface area contributed by atoms with Gasteiger partial charge in [-0.15, -0.1) is 0 Å². The molecule has 1 aromatic rings. The van der Waals surface area contributed by atoms with Gasteiger partial charge in [0.1, 0.15) is 6.61 Å². The summed E-state index contributed by atoms with van der Waals surface area (Å²) in [6, 6.07) is 0. The highest BCUT2D eigenvalue weighted by atomic mass is 32.1. The zero-order valence-electron chi connectivity index (χ0n) is 7.90. The van der Waals surface area contributed by atoms with Crippen molar-refractivity contribution < 1.29 is 14.5 Å². The minimum atomic E-state index is -0.577. The van der Waals surface area contributed by atoms with Crippen molar-refractivity contribution in [1.29, 1.82) is 0 Å². The van der Waals surface area contributed by atoms with Crippen LogP contribution in [0.1, 0.15) is 4.88 Å². The van der Waals surface area contributed by atoms with Crippen LogP contribution in [0.3, 0.4) is 0 Å². The van der Waals surface area contributed by atoms with Crippen LogP contribution in [-0.2, 0) is 4.74 Å². The number of cyclic esters (lactones) is 1. The monoisotopic (exact) mass is 242 g/mol. The molecule has 1 fully saturated rings. The van der Waals surface area contributed by atoms with Crippen LogP contribution in [0, 0.1) is 10.1 Å². The summed E-state index contributed by atoms with van der Waals surface area (Å²) in [5.74, 6) is 0. The number of hydrogen-bond donors (Lipinski definition) is 0. The fourth-order valence-electron chi connectivity index (χ4n) is 1.04. The van der Waals surface area contributed by atoms with Gasteiger partial charge in [-0.05, 0) is 21.2 Å². The van der Waals surface area contributed by atoms with Crippen LogP contribution in [0.5, 0.6) is 0 Å². The topological polar surface area (TPSA) is 97.9 Å². The molecule has 1 saturated heterocycles. The molecular formula is C7H6N4O4S.